The van der Waals surface area contributed by atoms with Crippen molar-refractivity contribution in [3.63, 3.8) is 0 Å². The van der Waals surface area contributed by atoms with Gasteiger partial charge in [0.05, 0.1) is 11.6 Å². The second kappa shape index (κ2) is 8.66. The maximum Gasteiger partial charge on any atom is 0.185 e. The molecule has 122 valence electrons. The van der Waals surface area contributed by atoms with Gasteiger partial charge >= 0.3 is 0 Å². The van der Waals surface area contributed by atoms with Crippen LogP contribution in [0.4, 0.5) is 0 Å². The van der Waals surface area contributed by atoms with E-state index < -0.39 is 0 Å². The minimum Gasteiger partial charge on any atom is -0.492 e. The van der Waals surface area contributed by atoms with Crippen LogP contribution in [0.3, 0.4) is 0 Å². The first kappa shape index (κ1) is 17.5. The molecule has 0 N–H and O–H groups in total. The van der Waals surface area contributed by atoms with Crippen molar-refractivity contribution in [2.75, 3.05) is 27.2 Å². The lowest BCUT2D eigenvalue weighted by Crippen LogP contribution is -2.19. The number of rotatable bonds is 7. The van der Waals surface area contributed by atoms with Gasteiger partial charge in [-0.1, -0.05) is 18.2 Å². The molecule has 0 saturated heterocycles. The zero-order valence-corrected chi connectivity index (χ0v) is 13.9. The highest BCUT2D eigenvalue weighted by Crippen LogP contribution is 2.14. The Morgan fingerprint density at radius 1 is 1.12 bits per heavy atom. The van der Waals surface area contributed by atoms with Gasteiger partial charge < -0.3 is 9.64 Å². The number of hydrogen-bond donors (Lipinski definition) is 0. The van der Waals surface area contributed by atoms with E-state index in [0.717, 1.165) is 17.9 Å². The van der Waals surface area contributed by atoms with Gasteiger partial charge in [-0.05, 0) is 62.1 Å². The van der Waals surface area contributed by atoms with Crippen molar-refractivity contribution in [3.05, 3.63) is 71.3 Å². The molecule has 4 heteroatoms. The quantitative estimate of drug-likeness (QED) is 0.579. The summed E-state index contributed by atoms with van der Waals surface area (Å²) in [6.45, 7) is 1.45. The molecule has 0 aliphatic carbocycles. The lowest BCUT2D eigenvalue weighted by molar-refractivity contribution is 0.104. The molecule has 0 radical (unpaired) electrons. The van der Waals surface area contributed by atoms with Crippen molar-refractivity contribution in [2.24, 2.45) is 0 Å². The normalized spacial score (nSPS) is 10.8. The number of nitriles is 1. The number of likely N-dealkylation sites (N-methyl/N-ethyl adjacent to an activating group) is 1. The summed E-state index contributed by atoms with van der Waals surface area (Å²) in [7, 11) is 3.98. The third-order valence-corrected chi connectivity index (χ3v) is 3.41. The fraction of sp³-hybridized carbons (Fsp3) is 0.200. The summed E-state index contributed by atoms with van der Waals surface area (Å²) in [6, 6.07) is 16.3. The van der Waals surface area contributed by atoms with Crippen molar-refractivity contribution in [1.29, 1.82) is 5.26 Å². The van der Waals surface area contributed by atoms with Crippen LogP contribution >= 0.6 is 0 Å². The highest BCUT2D eigenvalue weighted by molar-refractivity contribution is 6.06. The molecular weight excluding hydrogens is 300 g/mol. The van der Waals surface area contributed by atoms with E-state index >= 15 is 0 Å². The fourth-order valence-corrected chi connectivity index (χ4v) is 2.00. The van der Waals surface area contributed by atoms with E-state index in [9.17, 15) is 4.79 Å². The Balaban J connectivity index is 1.94. The molecule has 2 aromatic carbocycles. The number of carbonyl (C=O) groups is 1. The molecule has 0 bridgehead atoms. The largest absolute Gasteiger partial charge is 0.492 e. The van der Waals surface area contributed by atoms with E-state index in [1.54, 1.807) is 42.5 Å². The number of ketones is 1. The monoisotopic (exact) mass is 320 g/mol. The molecule has 0 amide bonds. The SMILES string of the molecule is CN(C)CCOc1ccc(C(=O)/C=C/c2ccc(C#N)cc2)cc1. The molecule has 0 heterocycles. The van der Waals surface area contributed by atoms with Crippen LogP contribution in [0.15, 0.2) is 54.6 Å². The van der Waals surface area contributed by atoms with Crippen molar-refractivity contribution >= 4 is 11.9 Å². The Morgan fingerprint density at radius 3 is 2.38 bits per heavy atom. The standard InChI is InChI=1S/C20H20N2O2/c1-22(2)13-14-24-19-10-8-18(9-11-19)20(23)12-7-16-3-5-17(15-21)6-4-16/h3-12H,13-14H2,1-2H3/b12-7+. The summed E-state index contributed by atoms with van der Waals surface area (Å²) < 4.78 is 5.61. The predicted molar refractivity (Wildman–Crippen MR) is 95.0 cm³/mol. The summed E-state index contributed by atoms with van der Waals surface area (Å²) in [5, 5.41) is 8.76. The molecule has 0 fully saturated rings. The Bertz CT molecular complexity index is 739. The summed E-state index contributed by atoms with van der Waals surface area (Å²) >= 11 is 0. The van der Waals surface area contributed by atoms with E-state index in [2.05, 4.69) is 6.07 Å². The van der Waals surface area contributed by atoms with Crippen molar-refractivity contribution < 1.29 is 9.53 Å². The molecule has 24 heavy (non-hydrogen) atoms. The first-order valence-electron chi connectivity index (χ1n) is 7.68. The van der Waals surface area contributed by atoms with Gasteiger partial charge in [-0.25, -0.2) is 0 Å². The van der Waals surface area contributed by atoms with Gasteiger partial charge in [0.1, 0.15) is 12.4 Å². The van der Waals surface area contributed by atoms with Crippen molar-refractivity contribution in [1.82, 2.24) is 4.90 Å². The first-order chi connectivity index (χ1) is 11.6. The van der Waals surface area contributed by atoms with E-state index in [1.807, 2.05) is 31.1 Å². The minimum atomic E-state index is -0.0702. The number of benzene rings is 2. The number of carbonyl (C=O) groups excluding carboxylic acids is 1. The zero-order chi connectivity index (χ0) is 17.4. The Hall–Kier alpha value is -2.90. The molecule has 0 saturated carbocycles. The van der Waals surface area contributed by atoms with Gasteiger partial charge in [0, 0.05) is 12.1 Å². The van der Waals surface area contributed by atoms with Gasteiger partial charge in [0.25, 0.3) is 0 Å². The molecule has 2 aromatic rings. The molecule has 0 atom stereocenters. The predicted octanol–water partition coefficient (Wildman–Crippen LogP) is 3.39. The van der Waals surface area contributed by atoms with Gasteiger partial charge in [-0.3, -0.25) is 4.79 Å². The smallest absolute Gasteiger partial charge is 0.185 e. The maximum absolute atomic E-state index is 12.2. The number of nitrogens with zero attached hydrogens (tertiary/aromatic N) is 2. The molecule has 0 unspecified atom stereocenters. The number of hydrogen-bond acceptors (Lipinski definition) is 4. The van der Waals surface area contributed by atoms with E-state index in [-0.39, 0.29) is 5.78 Å². The lowest BCUT2D eigenvalue weighted by Gasteiger charge is -2.10. The average molecular weight is 320 g/mol. The van der Waals surface area contributed by atoms with Gasteiger partial charge in [0.2, 0.25) is 0 Å². The second-order valence-electron chi connectivity index (χ2n) is 5.61. The third-order valence-electron chi connectivity index (χ3n) is 3.41. The van der Waals surface area contributed by atoms with Crippen LogP contribution in [-0.2, 0) is 0 Å². The van der Waals surface area contributed by atoms with E-state index in [4.69, 9.17) is 10.00 Å². The third kappa shape index (κ3) is 5.38. The van der Waals surface area contributed by atoms with Crippen LogP contribution in [0, 0.1) is 11.3 Å². The van der Waals surface area contributed by atoms with Crippen LogP contribution in [0.2, 0.25) is 0 Å². The summed E-state index contributed by atoms with van der Waals surface area (Å²) in [5.74, 6) is 0.684. The topological polar surface area (TPSA) is 53.3 Å². The number of allylic oxidation sites excluding steroid dienone is 1. The summed E-state index contributed by atoms with van der Waals surface area (Å²) in [4.78, 5) is 14.2. The van der Waals surface area contributed by atoms with Gasteiger partial charge in [0.15, 0.2) is 5.78 Å². The lowest BCUT2D eigenvalue weighted by atomic mass is 10.1. The zero-order valence-electron chi connectivity index (χ0n) is 13.9. The van der Waals surface area contributed by atoms with Crippen LogP contribution in [0.1, 0.15) is 21.5 Å². The molecular formula is C20H20N2O2. The molecule has 0 aromatic heterocycles. The van der Waals surface area contributed by atoms with Crippen LogP contribution < -0.4 is 4.74 Å². The Morgan fingerprint density at radius 2 is 1.79 bits per heavy atom. The minimum absolute atomic E-state index is 0.0702. The number of ether oxygens (including phenoxy) is 1. The average Bonchev–Trinajstić information content (AvgIpc) is 2.60. The van der Waals surface area contributed by atoms with Gasteiger partial charge in [-0.2, -0.15) is 5.26 Å². The maximum atomic E-state index is 12.2. The fourth-order valence-electron chi connectivity index (χ4n) is 2.00. The summed E-state index contributed by atoms with van der Waals surface area (Å²) in [5.41, 5.74) is 2.09. The van der Waals surface area contributed by atoms with Crippen molar-refractivity contribution in [2.45, 2.75) is 0 Å². The van der Waals surface area contributed by atoms with E-state index in [0.29, 0.717) is 17.7 Å². The Kier molecular flexibility index (Phi) is 6.30. The highest BCUT2D eigenvalue weighted by atomic mass is 16.5. The van der Waals surface area contributed by atoms with Crippen LogP contribution in [-0.4, -0.2) is 37.9 Å². The Labute approximate surface area is 142 Å². The molecule has 0 spiro atoms. The van der Waals surface area contributed by atoms with Crippen molar-refractivity contribution in [3.8, 4) is 11.8 Å². The van der Waals surface area contributed by atoms with E-state index in [1.165, 1.54) is 6.08 Å². The summed E-state index contributed by atoms with van der Waals surface area (Å²) in [6.07, 6.45) is 3.27. The van der Waals surface area contributed by atoms with Crippen LogP contribution in [0.5, 0.6) is 5.75 Å². The highest BCUT2D eigenvalue weighted by Gasteiger charge is 2.02. The second-order valence-corrected chi connectivity index (χ2v) is 5.61. The first-order valence-corrected chi connectivity index (χ1v) is 7.68. The molecule has 4 nitrogen and oxygen atoms in total. The molecule has 0 aliphatic rings. The van der Waals surface area contributed by atoms with Crippen LogP contribution in [0.25, 0.3) is 6.08 Å². The molecule has 0 aliphatic heterocycles. The van der Waals surface area contributed by atoms with Gasteiger partial charge in [-0.15, -0.1) is 0 Å². The molecule has 2 rings (SSSR count).